The van der Waals surface area contributed by atoms with Gasteiger partial charge >= 0.3 is 5.97 Å². The van der Waals surface area contributed by atoms with Gasteiger partial charge in [-0.25, -0.2) is 4.79 Å². The standard InChI is InChI=1S/C16H21BrClNO2/c1-21-16(20)15(13-9-8-11(17)10-14(13)18)19-12-6-4-2-3-5-7-12/h8-10,12,15,19H,2-7H2,1H3. The van der Waals surface area contributed by atoms with Crippen molar-refractivity contribution in [3.05, 3.63) is 33.3 Å². The first-order valence-electron chi connectivity index (χ1n) is 7.40. The Bertz CT molecular complexity index is 487. The van der Waals surface area contributed by atoms with Crippen LogP contribution in [0.3, 0.4) is 0 Å². The molecule has 1 aromatic carbocycles. The van der Waals surface area contributed by atoms with Gasteiger partial charge in [0.25, 0.3) is 0 Å². The third-order valence-corrected chi connectivity index (χ3v) is 4.79. The van der Waals surface area contributed by atoms with Crippen LogP contribution in [0.25, 0.3) is 0 Å². The lowest BCUT2D eigenvalue weighted by molar-refractivity contribution is -0.143. The molecule has 1 atom stereocenters. The quantitative estimate of drug-likeness (QED) is 0.617. The summed E-state index contributed by atoms with van der Waals surface area (Å²) in [4.78, 5) is 12.2. The minimum Gasteiger partial charge on any atom is -0.468 e. The first kappa shape index (κ1) is 16.8. The number of carbonyl (C=O) groups is 1. The van der Waals surface area contributed by atoms with E-state index in [4.69, 9.17) is 16.3 Å². The number of rotatable bonds is 4. The van der Waals surface area contributed by atoms with Crippen molar-refractivity contribution >= 4 is 33.5 Å². The van der Waals surface area contributed by atoms with Crippen LogP contribution in [-0.4, -0.2) is 19.1 Å². The lowest BCUT2D eigenvalue weighted by Crippen LogP contribution is -2.37. The molecule has 1 aromatic rings. The third kappa shape index (κ3) is 4.70. The van der Waals surface area contributed by atoms with Gasteiger partial charge in [0.1, 0.15) is 6.04 Å². The molecule has 3 nitrogen and oxygen atoms in total. The molecule has 5 heteroatoms. The van der Waals surface area contributed by atoms with Crippen molar-refractivity contribution in [1.29, 1.82) is 0 Å². The van der Waals surface area contributed by atoms with Crippen LogP contribution < -0.4 is 5.32 Å². The second-order valence-electron chi connectivity index (χ2n) is 5.48. The molecule has 2 rings (SSSR count). The van der Waals surface area contributed by atoms with Gasteiger partial charge in [-0.2, -0.15) is 0 Å². The molecule has 0 amide bonds. The molecular formula is C16H21BrClNO2. The van der Waals surface area contributed by atoms with Crippen LogP contribution in [0.1, 0.15) is 50.1 Å². The second-order valence-corrected chi connectivity index (χ2v) is 6.80. The molecule has 21 heavy (non-hydrogen) atoms. The molecular weight excluding hydrogens is 354 g/mol. The average Bonchev–Trinajstić information content (AvgIpc) is 2.73. The van der Waals surface area contributed by atoms with E-state index in [1.54, 1.807) is 0 Å². The highest BCUT2D eigenvalue weighted by atomic mass is 79.9. The number of halogens is 2. The Hall–Kier alpha value is -0.580. The van der Waals surface area contributed by atoms with Gasteiger partial charge < -0.3 is 4.74 Å². The average molecular weight is 375 g/mol. The van der Waals surface area contributed by atoms with E-state index in [2.05, 4.69) is 21.2 Å². The Kier molecular flexibility index (Phi) is 6.52. The second kappa shape index (κ2) is 8.16. The summed E-state index contributed by atoms with van der Waals surface area (Å²) in [7, 11) is 1.41. The molecule has 0 aliphatic heterocycles. The lowest BCUT2D eigenvalue weighted by atomic mass is 10.0. The monoisotopic (exact) mass is 373 g/mol. The number of carbonyl (C=O) groups excluding carboxylic acids is 1. The minimum atomic E-state index is -0.501. The number of hydrogen-bond acceptors (Lipinski definition) is 3. The number of methoxy groups -OCH3 is 1. The van der Waals surface area contributed by atoms with E-state index in [0.717, 1.165) is 22.9 Å². The van der Waals surface area contributed by atoms with Crippen LogP contribution in [0.5, 0.6) is 0 Å². The third-order valence-electron chi connectivity index (χ3n) is 3.97. The van der Waals surface area contributed by atoms with E-state index in [-0.39, 0.29) is 5.97 Å². The Morgan fingerprint density at radius 2 is 2.00 bits per heavy atom. The van der Waals surface area contributed by atoms with Gasteiger partial charge in [0.05, 0.1) is 7.11 Å². The zero-order chi connectivity index (χ0) is 15.2. The van der Waals surface area contributed by atoms with Crippen molar-refractivity contribution in [1.82, 2.24) is 5.32 Å². The Morgan fingerprint density at radius 3 is 2.57 bits per heavy atom. The summed E-state index contributed by atoms with van der Waals surface area (Å²) in [6.45, 7) is 0. The SMILES string of the molecule is COC(=O)C(NC1CCCCCC1)c1ccc(Br)cc1Cl. The smallest absolute Gasteiger partial charge is 0.327 e. The predicted molar refractivity (Wildman–Crippen MR) is 88.5 cm³/mol. The molecule has 1 aliphatic carbocycles. The number of nitrogens with one attached hydrogen (secondary N) is 1. The van der Waals surface area contributed by atoms with Gasteiger partial charge in [-0.15, -0.1) is 0 Å². The van der Waals surface area contributed by atoms with Crippen molar-refractivity contribution in [3.63, 3.8) is 0 Å². The summed E-state index contributed by atoms with van der Waals surface area (Å²) >= 11 is 9.68. The van der Waals surface area contributed by atoms with Gasteiger partial charge in [-0.3, -0.25) is 5.32 Å². The molecule has 0 aromatic heterocycles. The van der Waals surface area contributed by atoms with Crippen molar-refractivity contribution in [2.75, 3.05) is 7.11 Å². The molecule has 1 fully saturated rings. The van der Waals surface area contributed by atoms with Crippen molar-refractivity contribution in [2.45, 2.75) is 50.6 Å². The predicted octanol–water partition coefficient (Wildman–Crippen LogP) is 4.63. The molecule has 0 heterocycles. The van der Waals surface area contributed by atoms with Gasteiger partial charge in [-0.05, 0) is 30.5 Å². The number of esters is 1. The van der Waals surface area contributed by atoms with E-state index in [9.17, 15) is 4.79 Å². The van der Waals surface area contributed by atoms with Crippen LogP contribution >= 0.6 is 27.5 Å². The molecule has 0 spiro atoms. The van der Waals surface area contributed by atoms with Gasteiger partial charge in [0.2, 0.25) is 0 Å². The summed E-state index contributed by atoms with van der Waals surface area (Å²) in [6, 6.07) is 5.42. The minimum absolute atomic E-state index is 0.288. The molecule has 1 saturated carbocycles. The fraction of sp³-hybridized carbons (Fsp3) is 0.562. The van der Waals surface area contributed by atoms with Gasteiger partial charge in [0, 0.05) is 15.5 Å². The summed E-state index contributed by atoms with van der Waals surface area (Å²) in [5, 5.41) is 4.02. The Balaban J connectivity index is 2.19. The molecule has 1 aliphatic rings. The van der Waals surface area contributed by atoms with E-state index in [1.807, 2.05) is 18.2 Å². The molecule has 116 valence electrons. The number of hydrogen-bond donors (Lipinski definition) is 1. The Morgan fingerprint density at radius 1 is 1.33 bits per heavy atom. The molecule has 0 radical (unpaired) electrons. The van der Waals surface area contributed by atoms with E-state index >= 15 is 0 Å². The fourth-order valence-corrected chi connectivity index (χ4v) is 3.60. The highest BCUT2D eigenvalue weighted by Crippen LogP contribution is 2.29. The lowest BCUT2D eigenvalue weighted by Gasteiger charge is -2.24. The molecule has 0 bridgehead atoms. The zero-order valence-electron chi connectivity index (χ0n) is 12.2. The first-order valence-corrected chi connectivity index (χ1v) is 8.57. The van der Waals surface area contributed by atoms with Crippen molar-refractivity contribution in [2.24, 2.45) is 0 Å². The van der Waals surface area contributed by atoms with Crippen LogP contribution in [-0.2, 0) is 9.53 Å². The van der Waals surface area contributed by atoms with Crippen LogP contribution in [0.15, 0.2) is 22.7 Å². The highest BCUT2D eigenvalue weighted by Gasteiger charge is 2.27. The highest BCUT2D eigenvalue weighted by molar-refractivity contribution is 9.10. The molecule has 1 unspecified atom stereocenters. The molecule has 0 saturated heterocycles. The van der Waals surface area contributed by atoms with Crippen LogP contribution in [0.4, 0.5) is 0 Å². The first-order chi connectivity index (χ1) is 10.1. The maximum absolute atomic E-state index is 12.2. The maximum Gasteiger partial charge on any atom is 0.327 e. The van der Waals surface area contributed by atoms with Gasteiger partial charge in [0.15, 0.2) is 0 Å². The normalized spacial score (nSPS) is 18.0. The van der Waals surface area contributed by atoms with E-state index in [0.29, 0.717) is 11.1 Å². The largest absolute Gasteiger partial charge is 0.468 e. The summed E-state index contributed by atoms with van der Waals surface area (Å²) in [6.07, 6.45) is 7.17. The van der Waals surface area contributed by atoms with Crippen molar-refractivity contribution < 1.29 is 9.53 Å². The summed E-state index contributed by atoms with van der Waals surface area (Å²) < 4.78 is 5.85. The van der Waals surface area contributed by atoms with Gasteiger partial charge in [-0.1, -0.05) is 59.3 Å². The topological polar surface area (TPSA) is 38.3 Å². The Labute approximate surface area is 139 Å². The molecule has 1 N–H and O–H groups in total. The van der Waals surface area contributed by atoms with Crippen LogP contribution in [0, 0.1) is 0 Å². The van der Waals surface area contributed by atoms with E-state index in [1.165, 1.54) is 32.8 Å². The van der Waals surface area contributed by atoms with Crippen molar-refractivity contribution in [3.8, 4) is 0 Å². The van der Waals surface area contributed by atoms with E-state index < -0.39 is 6.04 Å². The maximum atomic E-state index is 12.2. The zero-order valence-corrected chi connectivity index (χ0v) is 14.5. The number of benzene rings is 1. The number of ether oxygens (including phenoxy) is 1. The van der Waals surface area contributed by atoms with Crippen LogP contribution in [0.2, 0.25) is 5.02 Å². The fourth-order valence-electron chi connectivity index (χ4n) is 2.82. The summed E-state index contributed by atoms with van der Waals surface area (Å²) in [5.41, 5.74) is 0.774. The summed E-state index contributed by atoms with van der Waals surface area (Å²) in [5.74, 6) is -0.288.